The van der Waals surface area contributed by atoms with Crippen LogP contribution < -0.4 is 5.01 Å². The van der Waals surface area contributed by atoms with E-state index in [1.807, 2.05) is 65.7 Å². The number of para-hydroxylation sites is 1. The largest absolute Gasteiger partial charge is 0.296 e. The third-order valence-electron chi connectivity index (χ3n) is 3.33. The number of aldehydes is 1. The highest BCUT2D eigenvalue weighted by Crippen LogP contribution is 2.28. The number of nitrogens with zero attached hydrogens (tertiary/aromatic N) is 2. The fourth-order valence-corrected chi connectivity index (χ4v) is 2.35. The molecule has 0 amide bonds. The third kappa shape index (κ3) is 2.27. The van der Waals surface area contributed by atoms with E-state index in [9.17, 15) is 4.79 Å². The van der Waals surface area contributed by atoms with E-state index < -0.39 is 0 Å². The van der Waals surface area contributed by atoms with Gasteiger partial charge in [0, 0.05) is 0 Å². The zero-order valence-corrected chi connectivity index (χ0v) is 10.4. The van der Waals surface area contributed by atoms with Crippen LogP contribution in [0.4, 0.5) is 5.69 Å². The van der Waals surface area contributed by atoms with E-state index in [0.29, 0.717) is 12.3 Å². The van der Waals surface area contributed by atoms with Crippen molar-refractivity contribution in [3.05, 3.63) is 66.2 Å². The van der Waals surface area contributed by atoms with Crippen LogP contribution in [0.1, 0.15) is 11.5 Å². The standard InChI is InChI=1S/C16H14N2O/c19-12-16-15(13-7-3-1-4-8-13)11-18(17-16)14-9-5-2-6-10-14/h1-10,12,15H,11H2. The molecule has 0 aromatic heterocycles. The average molecular weight is 250 g/mol. The normalized spacial score (nSPS) is 18.2. The molecule has 1 aliphatic heterocycles. The van der Waals surface area contributed by atoms with Crippen molar-refractivity contribution in [3.63, 3.8) is 0 Å². The summed E-state index contributed by atoms with van der Waals surface area (Å²) in [4.78, 5) is 11.2. The van der Waals surface area contributed by atoms with E-state index in [1.54, 1.807) is 0 Å². The van der Waals surface area contributed by atoms with Gasteiger partial charge in [0.2, 0.25) is 0 Å². The van der Waals surface area contributed by atoms with Crippen LogP contribution in [0.15, 0.2) is 65.8 Å². The van der Waals surface area contributed by atoms with Crippen LogP contribution in [0.2, 0.25) is 0 Å². The number of hydrazone groups is 1. The Balaban J connectivity index is 1.91. The molecule has 1 atom stereocenters. The molecule has 1 aliphatic rings. The highest BCUT2D eigenvalue weighted by Gasteiger charge is 2.28. The average Bonchev–Trinajstić information content (AvgIpc) is 2.93. The van der Waals surface area contributed by atoms with E-state index >= 15 is 0 Å². The Kier molecular flexibility index (Phi) is 3.11. The number of carbonyl (C=O) groups is 1. The van der Waals surface area contributed by atoms with Gasteiger partial charge in [0.05, 0.1) is 18.2 Å². The number of hydrogen-bond donors (Lipinski definition) is 0. The lowest BCUT2D eigenvalue weighted by atomic mass is 9.95. The Morgan fingerprint density at radius 3 is 2.26 bits per heavy atom. The van der Waals surface area contributed by atoms with Gasteiger partial charge in [0.25, 0.3) is 0 Å². The van der Waals surface area contributed by atoms with Crippen LogP contribution in [-0.2, 0) is 4.79 Å². The predicted octanol–water partition coefficient (Wildman–Crippen LogP) is 2.85. The quantitative estimate of drug-likeness (QED) is 0.785. The molecule has 0 radical (unpaired) electrons. The minimum Gasteiger partial charge on any atom is -0.296 e. The van der Waals surface area contributed by atoms with E-state index in [0.717, 1.165) is 17.5 Å². The van der Waals surface area contributed by atoms with Crippen molar-refractivity contribution < 1.29 is 4.79 Å². The molecule has 2 aromatic carbocycles. The summed E-state index contributed by atoms with van der Waals surface area (Å²) in [5, 5.41) is 6.31. The summed E-state index contributed by atoms with van der Waals surface area (Å²) in [5.41, 5.74) is 2.74. The van der Waals surface area contributed by atoms with Crippen LogP contribution in [0.25, 0.3) is 0 Å². The van der Waals surface area contributed by atoms with Gasteiger partial charge in [-0.3, -0.25) is 9.80 Å². The second-order valence-corrected chi connectivity index (χ2v) is 4.52. The zero-order valence-electron chi connectivity index (χ0n) is 10.4. The van der Waals surface area contributed by atoms with Crippen LogP contribution in [0.3, 0.4) is 0 Å². The van der Waals surface area contributed by atoms with Crippen molar-refractivity contribution in [2.75, 3.05) is 11.6 Å². The molecule has 3 heteroatoms. The number of hydrogen-bond acceptors (Lipinski definition) is 3. The molecule has 0 spiro atoms. The summed E-state index contributed by atoms with van der Waals surface area (Å²) in [6, 6.07) is 20.0. The Morgan fingerprint density at radius 2 is 1.63 bits per heavy atom. The Bertz CT molecular complexity index is 593. The maximum absolute atomic E-state index is 11.2. The van der Waals surface area contributed by atoms with Gasteiger partial charge in [0.1, 0.15) is 5.71 Å². The summed E-state index contributed by atoms with van der Waals surface area (Å²) in [5.74, 6) is 0.0545. The molecule has 0 fully saturated rings. The van der Waals surface area contributed by atoms with Crippen molar-refractivity contribution in [2.24, 2.45) is 5.10 Å². The summed E-state index contributed by atoms with van der Waals surface area (Å²) in [7, 11) is 0. The minimum absolute atomic E-state index is 0.0545. The van der Waals surface area contributed by atoms with Gasteiger partial charge >= 0.3 is 0 Å². The fraction of sp³-hybridized carbons (Fsp3) is 0.125. The molecule has 0 saturated heterocycles. The number of carbonyl (C=O) groups excluding carboxylic acids is 1. The Morgan fingerprint density at radius 1 is 1.00 bits per heavy atom. The van der Waals surface area contributed by atoms with Gasteiger partial charge in [-0.2, -0.15) is 5.10 Å². The van der Waals surface area contributed by atoms with Crippen LogP contribution in [-0.4, -0.2) is 18.5 Å². The lowest BCUT2D eigenvalue weighted by Crippen LogP contribution is -2.18. The molecular weight excluding hydrogens is 236 g/mol. The topological polar surface area (TPSA) is 32.7 Å². The van der Waals surface area contributed by atoms with Gasteiger partial charge in [0.15, 0.2) is 6.29 Å². The second-order valence-electron chi connectivity index (χ2n) is 4.52. The SMILES string of the molecule is O=CC1=NN(c2ccccc2)CC1c1ccccc1. The van der Waals surface area contributed by atoms with Crippen molar-refractivity contribution in [1.82, 2.24) is 0 Å². The fourth-order valence-electron chi connectivity index (χ4n) is 2.35. The van der Waals surface area contributed by atoms with Crippen molar-refractivity contribution >= 4 is 17.7 Å². The molecule has 1 unspecified atom stereocenters. The van der Waals surface area contributed by atoms with Gasteiger partial charge in [-0.15, -0.1) is 0 Å². The Hall–Kier alpha value is -2.42. The molecule has 0 saturated carbocycles. The molecule has 1 heterocycles. The highest BCUT2D eigenvalue weighted by atomic mass is 16.1. The van der Waals surface area contributed by atoms with Crippen molar-refractivity contribution in [2.45, 2.75) is 5.92 Å². The van der Waals surface area contributed by atoms with Gasteiger partial charge < -0.3 is 0 Å². The third-order valence-corrected chi connectivity index (χ3v) is 3.33. The Labute approximate surface area is 112 Å². The first kappa shape index (κ1) is 11.7. The van der Waals surface area contributed by atoms with Gasteiger partial charge in [-0.25, -0.2) is 0 Å². The smallest absolute Gasteiger partial charge is 0.166 e. The van der Waals surface area contributed by atoms with E-state index in [2.05, 4.69) is 5.10 Å². The maximum Gasteiger partial charge on any atom is 0.166 e. The monoisotopic (exact) mass is 250 g/mol. The molecule has 3 nitrogen and oxygen atoms in total. The van der Waals surface area contributed by atoms with Crippen LogP contribution in [0, 0.1) is 0 Å². The van der Waals surface area contributed by atoms with E-state index in [1.165, 1.54) is 0 Å². The van der Waals surface area contributed by atoms with E-state index in [-0.39, 0.29) is 5.92 Å². The summed E-state index contributed by atoms with van der Waals surface area (Å²) in [6.07, 6.45) is 0.862. The predicted molar refractivity (Wildman–Crippen MR) is 76.5 cm³/mol. The molecule has 0 bridgehead atoms. The van der Waals surface area contributed by atoms with Crippen molar-refractivity contribution in [1.29, 1.82) is 0 Å². The zero-order chi connectivity index (χ0) is 13.1. The summed E-state index contributed by atoms with van der Waals surface area (Å²) >= 11 is 0. The molecule has 3 rings (SSSR count). The first-order valence-electron chi connectivity index (χ1n) is 6.29. The molecule has 19 heavy (non-hydrogen) atoms. The number of benzene rings is 2. The summed E-state index contributed by atoms with van der Waals surface area (Å²) < 4.78 is 0. The maximum atomic E-state index is 11.2. The number of rotatable bonds is 3. The minimum atomic E-state index is 0.0545. The van der Waals surface area contributed by atoms with Crippen molar-refractivity contribution in [3.8, 4) is 0 Å². The summed E-state index contributed by atoms with van der Waals surface area (Å²) in [6.45, 7) is 0.710. The van der Waals surface area contributed by atoms with E-state index in [4.69, 9.17) is 0 Å². The molecule has 0 N–H and O–H groups in total. The van der Waals surface area contributed by atoms with Crippen LogP contribution in [0.5, 0.6) is 0 Å². The van der Waals surface area contributed by atoms with Gasteiger partial charge in [-0.05, 0) is 17.7 Å². The second kappa shape index (κ2) is 5.06. The molecule has 94 valence electrons. The van der Waals surface area contributed by atoms with Gasteiger partial charge in [-0.1, -0.05) is 48.5 Å². The lowest BCUT2D eigenvalue weighted by molar-refractivity contribution is -0.102. The highest BCUT2D eigenvalue weighted by molar-refractivity contribution is 6.32. The molecular formula is C16H14N2O. The lowest BCUT2D eigenvalue weighted by Gasteiger charge is -2.15. The first-order valence-corrected chi connectivity index (χ1v) is 6.29. The molecule has 0 aliphatic carbocycles. The van der Waals surface area contributed by atoms with Crippen LogP contribution >= 0.6 is 0 Å². The first-order chi connectivity index (χ1) is 9.38. The molecule has 2 aromatic rings. The number of anilines is 1.